The van der Waals surface area contributed by atoms with Crippen molar-refractivity contribution >= 4 is 5.91 Å². The Hall–Kier alpha value is -2.18. The minimum absolute atomic E-state index is 0.00680. The molecule has 0 spiro atoms. The van der Waals surface area contributed by atoms with Crippen LogP contribution in [-0.4, -0.2) is 47.5 Å². The zero-order valence-corrected chi connectivity index (χ0v) is 13.2. The van der Waals surface area contributed by atoms with Gasteiger partial charge in [0.15, 0.2) is 0 Å². The van der Waals surface area contributed by atoms with Gasteiger partial charge < -0.3 is 15.4 Å². The highest BCUT2D eigenvalue weighted by molar-refractivity contribution is 5.82. The van der Waals surface area contributed by atoms with E-state index in [4.69, 9.17) is 4.74 Å². The van der Waals surface area contributed by atoms with E-state index in [1.54, 1.807) is 0 Å². The van der Waals surface area contributed by atoms with Crippen LogP contribution in [0.25, 0.3) is 5.69 Å². The van der Waals surface area contributed by atoms with Gasteiger partial charge >= 0.3 is 0 Å². The number of rotatable bonds is 5. The average Bonchev–Trinajstić information content (AvgIpc) is 3.05. The third-order valence-electron chi connectivity index (χ3n) is 3.97. The normalized spacial score (nSPS) is 21.1. The van der Waals surface area contributed by atoms with Crippen molar-refractivity contribution in [2.75, 3.05) is 19.7 Å². The van der Waals surface area contributed by atoms with Crippen molar-refractivity contribution in [3.63, 3.8) is 0 Å². The Labute approximate surface area is 135 Å². The number of ether oxygens (including phenoxy) is 1. The number of para-hydroxylation sites is 1. The van der Waals surface area contributed by atoms with E-state index in [0.717, 1.165) is 17.7 Å². The lowest BCUT2D eigenvalue weighted by Gasteiger charge is -2.29. The molecule has 2 N–H and O–H groups in total. The number of amides is 1. The topological polar surface area (TPSA) is 68.2 Å². The molecule has 1 fully saturated rings. The number of aromatic nitrogens is 2. The molecule has 1 saturated heterocycles. The monoisotopic (exact) mass is 314 g/mol. The van der Waals surface area contributed by atoms with Crippen molar-refractivity contribution in [3.05, 3.63) is 48.3 Å². The van der Waals surface area contributed by atoms with E-state index in [2.05, 4.69) is 15.7 Å². The first-order chi connectivity index (χ1) is 11.2. The number of nitrogens with one attached hydrogen (secondary N) is 2. The molecule has 0 aliphatic carbocycles. The second-order valence-corrected chi connectivity index (χ2v) is 5.68. The maximum absolute atomic E-state index is 12.2. The van der Waals surface area contributed by atoms with Gasteiger partial charge in [0.25, 0.3) is 0 Å². The van der Waals surface area contributed by atoms with Gasteiger partial charge in [-0.1, -0.05) is 18.2 Å². The van der Waals surface area contributed by atoms with Gasteiger partial charge in [-0.15, -0.1) is 0 Å². The number of nitrogens with zero attached hydrogens (tertiary/aromatic N) is 2. The van der Waals surface area contributed by atoms with E-state index < -0.39 is 0 Å². The standard InChI is InChI=1S/C17H22N4O2/c1-13-16(18-9-10-23-13)17(22)19-8-7-14-11-20-21(12-14)15-5-3-2-4-6-15/h2-6,11-13,16,18H,7-10H2,1H3,(H,19,22)/t13-,16+/m1/s1. The predicted octanol–water partition coefficient (Wildman–Crippen LogP) is 0.908. The summed E-state index contributed by atoms with van der Waals surface area (Å²) in [6.07, 6.45) is 4.49. The van der Waals surface area contributed by atoms with Gasteiger partial charge in [-0.25, -0.2) is 4.68 Å². The maximum atomic E-state index is 12.2. The Morgan fingerprint density at radius 1 is 1.43 bits per heavy atom. The summed E-state index contributed by atoms with van der Waals surface area (Å²) in [6.45, 7) is 3.88. The second kappa shape index (κ2) is 7.39. The Balaban J connectivity index is 1.49. The summed E-state index contributed by atoms with van der Waals surface area (Å²) in [6, 6.07) is 9.70. The number of benzene rings is 1. The van der Waals surface area contributed by atoms with Gasteiger partial charge in [0.05, 0.1) is 24.6 Å². The summed E-state index contributed by atoms with van der Waals surface area (Å²) in [5, 5.41) is 10.5. The van der Waals surface area contributed by atoms with Crippen molar-refractivity contribution in [1.82, 2.24) is 20.4 Å². The van der Waals surface area contributed by atoms with Crippen molar-refractivity contribution in [2.45, 2.75) is 25.5 Å². The molecule has 1 aliphatic rings. The smallest absolute Gasteiger partial charge is 0.239 e. The summed E-state index contributed by atoms with van der Waals surface area (Å²) in [7, 11) is 0. The molecule has 0 bridgehead atoms. The molecule has 2 atom stereocenters. The zero-order chi connectivity index (χ0) is 16.1. The first kappa shape index (κ1) is 15.7. The molecule has 0 saturated carbocycles. The van der Waals surface area contributed by atoms with E-state index in [9.17, 15) is 4.79 Å². The lowest BCUT2D eigenvalue weighted by atomic mass is 10.1. The molecule has 3 rings (SSSR count). The van der Waals surface area contributed by atoms with Crippen LogP contribution in [0.15, 0.2) is 42.7 Å². The van der Waals surface area contributed by atoms with Crippen LogP contribution in [0, 0.1) is 0 Å². The van der Waals surface area contributed by atoms with Crippen molar-refractivity contribution in [1.29, 1.82) is 0 Å². The summed E-state index contributed by atoms with van der Waals surface area (Å²) >= 11 is 0. The number of hydrogen-bond acceptors (Lipinski definition) is 4. The molecule has 0 radical (unpaired) electrons. The molecule has 2 heterocycles. The summed E-state index contributed by atoms with van der Waals surface area (Å²) < 4.78 is 7.33. The average molecular weight is 314 g/mol. The van der Waals surface area contributed by atoms with Crippen LogP contribution in [0.1, 0.15) is 12.5 Å². The molecule has 0 unspecified atom stereocenters. The highest BCUT2D eigenvalue weighted by Crippen LogP contribution is 2.08. The van der Waals surface area contributed by atoms with Crippen molar-refractivity contribution in [3.8, 4) is 5.69 Å². The fourth-order valence-corrected chi connectivity index (χ4v) is 2.68. The fourth-order valence-electron chi connectivity index (χ4n) is 2.68. The zero-order valence-electron chi connectivity index (χ0n) is 13.2. The van der Waals surface area contributed by atoms with Crippen molar-refractivity contribution in [2.24, 2.45) is 0 Å². The van der Waals surface area contributed by atoms with E-state index in [-0.39, 0.29) is 18.1 Å². The lowest BCUT2D eigenvalue weighted by Crippen LogP contribution is -2.55. The van der Waals surface area contributed by atoms with Crippen LogP contribution >= 0.6 is 0 Å². The van der Waals surface area contributed by atoms with Crippen LogP contribution in [0.5, 0.6) is 0 Å². The van der Waals surface area contributed by atoms with Crippen LogP contribution in [0.4, 0.5) is 0 Å². The predicted molar refractivity (Wildman–Crippen MR) is 87.5 cm³/mol. The van der Waals surface area contributed by atoms with E-state index in [1.807, 2.05) is 54.3 Å². The molecule has 122 valence electrons. The van der Waals surface area contributed by atoms with Crippen LogP contribution < -0.4 is 10.6 Å². The molecular weight excluding hydrogens is 292 g/mol. The molecule has 1 amide bonds. The Bertz CT molecular complexity index is 641. The van der Waals surface area contributed by atoms with Gasteiger partial charge in [-0.05, 0) is 31.0 Å². The Morgan fingerprint density at radius 2 is 2.26 bits per heavy atom. The number of morpholine rings is 1. The minimum Gasteiger partial charge on any atom is -0.375 e. The largest absolute Gasteiger partial charge is 0.375 e. The van der Waals surface area contributed by atoms with Crippen molar-refractivity contribution < 1.29 is 9.53 Å². The van der Waals surface area contributed by atoms with E-state index in [0.29, 0.717) is 19.7 Å². The molecule has 1 aromatic carbocycles. The van der Waals surface area contributed by atoms with Crippen LogP contribution in [0.2, 0.25) is 0 Å². The summed E-state index contributed by atoms with van der Waals surface area (Å²) in [4.78, 5) is 12.2. The molecule has 1 aliphatic heterocycles. The second-order valence-electron chi connectivity index (χ2n) is 5.68. The molecule has 6 heteroatoms. The van der Waals surface area contributed by atoms with Gasteiger partial charge in [0.1, 0.15) is 6.04 Å². The van der Waals surface area contributed by atoms with Gasteiger partial charge in [-0.2, -0.15) is 5.10 Å². The first-order valence-electron chi connectivity index (χ1n) is 7.96. The van der Waals surface area contributed by atoms with Gasteiger partial charge in [-0.3, -0.25) is 4.79 Å². The SMILES string of the molecule is C[C@H]1OCCN[C@@H]1C(=O)NCCc1cnn(-c2ccccc2)c1. The molecule has 1 aromatic heterocycles. The Morgan fingerprint density at radius 3 is 3.04 bits per heavy atom. The van der Waals surface area contributed by atoms with E-state index in [1.165, 1.54) is 0 Å². The third-order valence-corrected chi connectivity index (χ3v) is 3.97. The molecule has 23 heavy (non-hydrogen) atoms. The summed E-state index contributed by atoms with van der Waals surface area (Å²) in [5.41, 5.74) is 2.12. The third kappa shape index (κ3) is 3.97. The minimum atomic E-state index is -0.268. The van der Waals surface area contributed by atoms with Gasteiger partial charge in [0, 0.05) is 19.3 Å². The molecule has 2 aromatic rings. The lowest BCUT2D eigenvalue weighted by molar-refractivity contribution is -0.128. The van der Waals surface area contributed by atoms with Gasteiger partial charge in [0.2, 0.25) is 5.91 Å². The highest BCUT2D eigenvalue weighted by atomic mass is 16.5. The highest BCUT2D eigenvalue weighted by Gasteiger charge is 2.27. The number of carbonyl (C=O) groups is 1. The quantitative estimate of drug-likeness (QED) is 0.861. The first-order valence-corrected chi connectivity index (χ1v) is 7.96. The van der Waals surface area contributed by atoms with Crippen LogP contribution in [0.3, 0.4) is 0 Å². The van der Waals surface area contributed by atoms with E-state index >= 15 is 0 Å². The number of hydrogen-bond donors (Lipinski definition) is 2. The molecular formula is C17H22N4O2. The van der Waals surface area contributed by atoms with Crippen LogP contribution in [-0.2, 0) is 16.0 Å². The fraction of sp³-hybridized carbons (Fsp3) is 0.412. The Kier molecular flexibility index (Phi) is 5.05. The number of carbonyl (C=O) groups excluding carboxylic acids is 1. The molecule has 6 nitrogen and oxygen atoms in total. The maximum Gasteiger partial charge on any atom is 0.239 e. The summed E-state index contributed by atoms with van der Waals surface area (Å²) in [5.74, 6) is -0.00680.